The van der Waals surface area contributed by atoms with Crippen LogP contribution in [-0.2, 0) is 9.59 Å². The van der Waals surface area contributed by atoms with Crippen LogP contribution in [0.15, 0.2) is 23.7 Å². The molecule has 0 aliphatic heterocycles. The van der Waals surface area contributed by atoms with Gasteiger partial charge in [-0.2, -0.15) is 52.7 Å². The van der Waals surface area contributed by atoms with Crippen molar-refractivity contribution in [2.45, 2.75) is 24.7 Å². The van der Waals surface area contributed by atoms with Crippen LogP contribution in [0.1, 0.15) is 0 Å². The van der Waals surface area contributed by atoms with Crippen LogP contribution in [0.25, 0.3) is 0 Å². The first-order chi connectivity index (χ1) is 11.1. The second-order valence-corrected chi connectivity index (χ2v) is 3.78. The molecular formula is C10H8F12O6Yb. The molecule has 0 rings (SSSR count). The van der Waals surface area contributed by atoms with Gasteiger partial charge < -0.3 is 21.2 Å². The standard InChI is InChI=1S/2C5H2F6O2.2H2O.Yb/c2*6-4(7,8)2(12)1-3(13)5(9,10)11;;;/h2*1,12H;2*1H2;. The third-order valence-corrected chi connectivity index (χ3v) is 1.68. The number of aliphatic hydroxyl groups is 2. The minimum absolute atomic E-state index is 0. The van der Waals surface area contributed by atoms with E-state index in [4.69, 9.17) is 10.2 Å². The number of hydrogen-bond donors (Lipinski definition) is 2. The average Bonchev–Trinajstić information content (AvgIpc) is 2.34. The molecule has 0 unspecified atom stereocenters. The van der Waals surface area contributed by atoms with E-state index in [9.17, 15) is 62.3 Å². The van der Waals surface area contributed by atoms with Crippen LogP contribution in [0, 0.1) is 46.9 Å². The fraction of sp³-hybridized carbons (Fsp3) is 0.400. The van der Waals surface area contributed by atoms with Crippen LogP contribution >= 0.6 is 0 Å². The average molecular weight is 625 g/mol. The van der Waals surface area contributed by atoms with E-state index in [0.29, 0.717) is 0 Å². The Balaban J connectivity index is -0.000000120. The number of alkyl halides is 12. The predicted octanol–water partition coefficient (Wildman–Crippen LogP) is 2.59. The number of halogens is 12. The Hall–Kier alpha value is -0.981. The van der Waals surface area contributed by atoms with Gasteiger partial charge in [0.2, 0.25) is 11.5 Å². The first-order valence-corrected chi connectivity index (χ1v) is 5.28. The molecule has 0 aliphatic carbocycles. The zero-order valence-corrected chi connectivity index (χ0v) is 14.4. The van der Waals surface area contributed by atoms with Crippen LogP contribution < -0.4 is 0 Å². The monoisotopic (exact) mass is 626 g/mol. The number of ketones is 2. The molecule has 0 spiro atoms. The second-order valence-electron chi connectivity index (χ2n) is 3.78. The molecule has 0 fully saturated rings. The van der Waals surface area contributed by atoms with Gasteiger partial charge in [-0.15, -0.1) is 0 Å². The van der Waals surface area contributed by atoms with E-state index in [1.165, 1.54) is 0 Å². The third kappa shape index (κ3) is 17.6. The van der Waals surface area contributed by atoms with Crippen molar-refractivity contribution in [1.29, 1.82) is 0 Å². The Morgan fingerprint density at radius 1 is 0.517 bits per heavy atom. The van der Waals surface area contributed by atoms with E-state index in [1.807, 2.05) is 0 Å². The van der Waals surface area contributed by atoms with Gasteiger partial charge in [0, 0.05) is 59.1 Å². The molecule has 0 aromatic rings. The quantitative estimate of drug-likeness (QED) is 0.277. The van der Waals surface area contributed by atoms with E-state index in [1.54, 1.807) is 0 Å². The molecule has 182 valence electrons. The van der Waals surface area contributed by atoms with Gasteiger partial charge in [-0.25, -0.2) is 0 Å². The van der Waals surface area contributed by atoms with Gasteiger partial charge in [0.05, 0.1) is 0 Å². The van der Waals surface area contributed by atoms with Crippen molar-refractivity contribution in [2.24, 2.45) is 0 Å². The Morgan fingerprint density at radius 2 is 0.690 bits per heavy atom. The van der Waals surface area contributed by atoms with Crippen molar-refractivity contribution in [2.75, 3.05) is 0 Å². The normalized spacial score (nSPS) is 13.0. The van der Waals surface area contributed by atoms with Gasteiger partial charge >= 0.3 is 24.7 Å². The van der Waals surface area contributed by atoms with Crippen molar-refractivity contribution in [3.05, 3.63) is 23.7 Å². The largest absolute Gasteiger partial charge is 0.504 e. The first-order valence-electron chi connectivity index (χ1n) is 5.28. The molecule has 6 N–H and O–H groups in total. The molecule has 0 aromatic carbocycles. The van der Waals surface area contributed by atoms with Crippen molar-refractivity contribution in [3.8, 4) is 0 Å². The van der Waals surface area contributed by atoms with Crippen molar-refractivity contribution >= 4 is 11.6 Å². The van der Waals surface area contributed by atoms with E-state index in [-0.39, 0.29) is 57.9 Å². The number of carbonyl (C=O) groups excluding carboxylic acids is 2. The summed E-state index contributed by atoms with van der Waals surface area (Å²) in [6.07, 6.45) is -23.4. The van der Waals surface area contributed by atoms with Gasteiger partial charge in [-0.3, -0.25) is 9.59 Å². The van der Waals surface area contributed by atoms with Crippen molar-refractivity contribution < 1.29 is 130 Å². The van der Waals surface area contributed by atoms with E-state index in [2.05, 4.69) is 0 Å². The van der Waals surface area contributed by atoms with Crippen molar-refractivity contribution in [3.63, 3.8) is 0 Å². The number of aliphatic hydroxyl groups excluding tert-OH is 2. The minimum Gasteiger partial charge on any atom is -0.504 e. The molecule has 0 bridgehead atoms. The molecule has 0 aliphatic rings. The summed E-state index contributed by atoms with van der Waals surface area (Å²) in [6, 6.07) is 0. The maximum Gasteiger partial charge on any atom is 0.454 e. The predicted molar refractivity (Wildman–Crippen MR) is 62.9 cm³/mol. The van der Waals surface area contributed by atoms with Gasteiger partial charge in [0.1, 0.15) is 0 Å². The summed E-state index contributed by atoms with van der Waals surface area (Å²) in [7, 11) is 0. The maximum absolute atomic E-state index is 11.4. The summed E-state index contributed by atoms with van der Waals surface area (Å²) in [5, 5.41) is 15.9. The fourth-order valence-electron chi connectivity index (χ4n) is 0.576. The summed E-state index contributed by atoms with van der Waals surface area (Å²) in [5.74, 6) is -10.7. The molecule has 0 saturated carbocycles. The van der Waals surface area contributed by atoms with E-state index in [0.717, 1.165) is 0 Å². The van der Waals surface area contributed by atoms with Crippen LogP contribution in [0.5, 0.6) is 0 Å². The first kappa shape index (κ1) is 38.6. The molecule has 0 aromatic heterocycles. The van der Waals surface area contributed by atoms with Crippen molar-refractivity contribution in [1.82, 2.24) is 0 Å². The molecule has 0 atom stereocenters. The smallest absolute Gasteiger partial charge is 0.454 e. The number of carbonyl (C=O) groups is 2. The number of rotatable bonds is 2. The maximum atomic E-state index is 11.4. The van der Waals surface area contributed by atoms with Gasteiger partial charge in [0.25, 0.3) is 11.6 Å². The Morgan fingerprint density at radius 3 is 0.793 bits per heavy atom. The summed E-state index contributed by atoms with van der Waals surface area (Å²) < 4.78 is 136. The van der Waals surface area contributed by atoms with Crippen LogP contribution in [-0.4, -0.2) is 57.4 Å². The van der Waals surface area contributed by atoms with Crippen LogP contribution in [0.2, 0.25) is 0 Å². The number of allylic oxidation sites excluding steroid dienone is 4. The Kier molecular flexibility index (Phi) is 17.8. The molecule has 0 radical (unpaired) electrons. The zero-order chi connectivity index (χ0) is 21.7. The SMILES string of the molecule is O.O.O=C(C=C(O)C(F)(F)F)C(F)(F)F.O=C(C=C(O)C(F)(F)F)C(F)(F)F.[Yb]. The minimum atomic E-state index is -5.42. The van der Waals surface area contributed by atoms with Gasteiger partial charge in [0.15, 0.2) is 0 Å². The Bertz CT molecular complexity index is 532. The molecule has 19 heteroatoms. The third-order valence-electron chi connectivity index (χ3n) is 1.68. The zero-order valence-electron chi connectivity index (χ0n) is 12.7. The van der Waals surface area contributed by atoms with Gasteiger partial charge in [-0.1, -0.05) is 0 Å². The topological polar surface area (TPSA) is 138 Å². The van der Waals surface area contributed by atoms with Gasteiger partial charge in [-0.05, 0) is 0 Å². The summed E-state index contributed by atoms with van der Waals surface area (Å²) >= 11 is 0. The molecule has 29 heavy (non-hydrogen) atoms. The molecule has 6 nitrogen and oxygen atoms in total. The second kappa shape index (κ2) is 13.3. The Labute approximate surface area is 189 Å². The molecule has 0 heterocycles. The van der Waals surface area contributed by atoms with Crippen LogP contribution in [0.3, 0.4) is 0 Å². The molecule has 0 saturated heterocycles. The van der Waals surface area contributed by atoms with E-state index >= 15 is 0 Å². The summed E-state index contributed by atoms with van der Waals surface area (Å²) in [5.41, 5.74) is 0. The van der Waals surface area contributed by atoms with E-state index < -0.39 is 59.9 Å². The number of hydrogen-bond acceptors (Lipinski definition) is 4. The summed E-state index contributed by atoms with van der Waals surface area (Å²) in [4.78, 5) is 19.7. The van der Waals surface area contributed by atoms with Crippen LogP contribution in [0.4, 0.5) is 52.7 Å². The fourth-order valence-corrected chi connectivity index (χ4v) is 0.576. The molecule has 0 amide bonds. The summed E-state index contributed by atoms with van der Waals surface area (Å²) in [6.45, 7) is 0. The molecular weight excluding hydrogens is 617 g/mol.